The van der Waals surface area contributed by atoms with Crippen LogP contribution in [0.25, 0.3) is 0 Å². The van der Waals surface area contributed by atoms with Crippen LogP contribution in [0.15, 0.2) is 36.5 Å². The van der Waals surface area contributed by atoms with E-state index in [9.17, 15) is 0 Å². The lowest BCUT2D eigenvalue weighted by atomic mass is 10.2. The molecule has 0 radical (unpaired) electrons. The summed E-state index contributed by atoms with van der Waals surface area (Å²) in [4.78, 5) is 4.18. The fraction of sp³-hybridized carbons (Fsp3) is 0.214. The molecule has 94 valence electrons. The number of anilines is 1. The molecule has 1 aromatic carbocycles. The van der Waals surface area contributed by atoms with Gasteiger partial charge in [-0.15, -0.1) is 0 Å². The first-order chi connectivity index (χ1) is 8.70. The number of rotatable bonds is 4. The molecule has 0 amide bonds. The number of hydrogen-bond donors (Lipinski definition) is 1. The minimum Gasteiger partial charge on any atom is -0.481 e. The highest BCUT2D eigenvalue weighted by atomic mass is 127. The third-order valence-electron chi connectivity index (χ3n) is 2.70. The average Bonchev–Trinajstić information content (AvgIpc) is 2.40. The zero-order valence-corrected chi connectivity index (χ0v) is 12.6. The maximum atomic E-state index is 5.22. The van der Waals surface area contributed by atoms with Gasteiger partial charge in [-0.05, 0) is 53.3 Å². The predicted molar refractivity (Wildman–Crippen MR) is 82.0 cm³/mol. The summed E-state index contributed by atoms with van der Waals surface area (Å²) in [5.74, 6) is 0.673. The van der Waals surface area contributed by atoms with Crippen molar-refractivity contribution < 1.29 is 4.74 Å². The highest BCUT2D eigenvalue weighted by Crippen LogP contribution is 2.19. The number of aromatic nitrogens is 1. The Morgan fingerprint density at radius 2 is 2.17 bits per heavy atom. The smallest absolute Gasteiger partial charge is 0.218 e. The summed E-state index contributed by atoms with van der Waals surface area (Å²) < 4.78 is 6.48. The fourth-order valence-corrected chi connectivity index (χ4v) is 2.16. The van der Waals surface area contributed by atoms with Gasteiger partial charge in [0.05, 0.1) is 7.11 Å². The number of hydrogen-bond acceptors (Lipinski definition) is 3. The van der Waals surface area contributed by atoms with Crippen LogP contribution in [-0.4, -0.2) is 12.1 Å². The highest BCUT2D eigenvalue weighted by molar-refractivity contribution is 14.1. The van der Waals surface area contributed by atoms with Gasteiger partial charge in [0.25, 0.3) is 0 Å². The monoisotopic (exact) mass is 354 g/mol. The Hall–Kier alpha value is -1.30. The van der Waals surface area contributed by atoms with Crippen LogP contribution >= 0.6 is 22.6 Å². The second-order valence-corrected chi connectivity index (χ2v) is 5.15. The molecule has 0 aliphatic carbocycles. The molecular formula is C14H15IN2O. The van der Waals surface area contributed by atoms with Crippen LogP contribution in [0.5, 0.6) is 5.88 Å². The SMILES string of the molecule is COc1ncccc1CNc1ccc(C)c(I)c1. The summed E-state index contributed by atoms with van der Waals surface area (Å²) in [6.07, 6.45) is 1.73. The van der Waals surface area contributed by atoms with Crippen molar-refractivity contribution in [3.63, 3.8) is 0 Å². The summed E-state index contributed by atoms with van der Waals surface area (Å²) in [7, 11) is 1.64. The van der Waals surface area contributed by atoms with Gasteiger partial charge in [0.1, 0.15) is 0 Å². The quantitative estimate of drug-likeness (QED) is 0.852. The standard InChI is InChI=1S/C14H15IN2O/c1-10-5-6-12(8-13(10)15)17-9-11-4-3-7-16-14(11)18-2/h3-8,17H,9H2,1-2H3. The molecule has 0 atom stereocenters. The molecule has 2 aromatic rings. The molecule has 3 nitrogen and oxygen atoms in total. The number of halogens is 1. The fourth-order valence-electron chi connectivity index (χ4n) is 1.64. The number of aryl methyl sites for hydroxylation is 1. The van der Waals surface area contributed by atoms with Crippen LogP contribution in [-0.2, 0) is 6.54 Å². The Kier molecular flexibility index (Phi) is 4.41. The van der Waals surface area contributed by atoms with Gasteiger partial charge in [-0.1, -0.05) is 12.1 Å². The van der Waals surface area contributed by atoms with Gasteiger partial charge in [0.2, 0.25) is 5.88 Å². The number of pyridine rings is 1. The second-order valence-electron chi connectivity index (χ2n) is 3.99. The van der Waals surface area contributed by atoms with E-state index in [1.165, 1.54) is 9.13 Å². The third-order valence-corrected chi connectivity index (χ3v) is 3.86. The van der Waals surface area contributed by atoms with Crippen molar-refractivity contribution in [2.45, 2.75) is 13.5 Å². The van der Waals surface area contributed by atoms with Crippen molar-refractivity contribution in [1.29, 1.82) is 0 Å². The van der Waals surface area contributed by atoms with E-state index in [-0.39, 0.29) is 0 Å². The van der Waals surface area contributed by atoms with Crippen molar-refractivity contribution in [3.8, 4) is 5.88 Å². The van der Waals surface area contributed by atoms with E-state index in [2.05, 4.69) is 58.0 Å². The van der Waals surface area contributed by atoms with E-state index >= 15 is 0 Å². The van der Waals surface area contributed by atoms with E-state index in [4.69, 9.17) is 4.74 Å². The van der Waals surface area contributed by atoms with Crippen LogP contribution < -0.4 is 10.1 Å². The Bertz CT molecular complexity index is 543. The maximum absolute atomic E-state index is 5.22. The van der Waals surface area contributed by atoms with E-state index in [0.29, 0.717) is 12.4 Å². The third kappa shape index (κ3) is 3.13. The van der Waals surface area contributed by atoms with Gasteiger partial charge in [-0.3, -0.25) is 0 Å². The topological polar surface area (TPSA) is 34.1 Å². The molecule has 0 spiro atoms. The average molecular weight is 354 g/mol. The second kappa shape index (κ2) is 6.04. The van der Waals surface area contributed by atoms with Crippen LogP contribution in [0.4, 0.5) is 5.69 Å². The van der Waals surface area contributed by atoms with Gasteiger partial charge >= 0.3 is 0 Å². The minimum absolute atomic E-state index is 0.673. The van der Waals surface area contributed by atoms with Crippen molar-refractivity contribution in [3.05, 3.63) is 51.2 Å². The summed E-state index contributed by atoms with van der Waals surface area (Å²) >= 11 is 2.34. The number of ether oxygens (including phenoxy) is 1. The lowest BCUT2D eigenvalue weighted by Crippen LogP contribution is -2.03. The molecule has 0 saturated heterocycles. The largest absolute Gasteiger partial charge is 0.481 e. The molecule has 18 heavy (non-hydrogen) atoms. The molecule has 1 N–H and O–H groups in total. The van der Waals surface area contributed by atoms with E-state index < -0.39 is 0 Å². The zero-order chi connectivity index (χ0) is 13.0. The lowest BCUT2D eigenvalue weighted by molar-refractivity contribution is 0.393. The molecule has 1 aromatic heterocycles. The minimum atomic E-state index is 0.673. The molecule has 2 rings (SSSR count). The maximum Gasteiger partial charge on any atom is 0.218 e. The van der Waals surface area contributed by atoms with Crippen molar-refractivity contribution >= 4 is 28.3 Å². The first-order valence-corrected chi connectivity index (χ1v) is 6.76. The molecule has 0 saturated carbocycles. The Balaban J connectivity index is 2.09. The molecule has 4 heteroatoms. The van der Waals surface area contributed by atoms with Gasteiger partial charge in [-0.25, -0.2) is 4.98 Å². The lowest BCUT2D eigenvalue weighted by Gasteiger charge is -2.10. The summed E-state index contributed by atoms with van der Waals surface area (Å²) in [5, 5.41) is 3.38. The number of methoxy groups -OCH3 is 1. The van der Waals surface area contributed by atoms with E-state index in [1.807, 2.05) is 12.1 Å². The normalized spacial score (nSPS) is 10.2. The molecule has 0 bridgehead atoms. The van der Waals surface area contributed by atoms with Crippen LogP contribution in [0, 0.1) is 10.5 Å². The van der Waals surface area contributed by atoms with E-state index in [0.717, 1.165) is 11.3 Å². The van der Waals surface area contributed by atoms with Gasteiger partial charge in [0.15, 0.2) is 0 Å². The van der Waals surface area contributed by atoms with Crippen LogP contribution in [0.1, 0.15) is 11.1 Å². The first kappa shape index (κ1) is 13.1. The molecule has 1 heterocycles. The first-order valence-electron chi connectivity index (χ1n) is 5.68. The molecule has 0 aliphatic rings. The molecule has 0 fully saturated rings. The summed E-state index contributed by atoms with van der Waals surface area (Å²) in [6, 6.07) is 10.3. The van der Waals surface area contributed by atoms with Crippen molar-refractivity contribution in [2.75, 3.05) is 12.4 Å². The summed E-state index contributed by atoms with van der Waals surface area (Å²) in [5.41, 5.74) is 3.45. The van der Waals surface area contributed by atoms with Crippen molar-refractivity contribution in [1.82, 2.24) is 4.98 Å². The summed E-state index contributed by atoms with van der Waals surface area (Å²) in [6.45, 7) is 2.81. The number of nitrogens with one attached hydrogen (secondary N) is 1. The number of nitrogens with zero attached hydrogens (tertiary/aromatic N) is 1. The van der Waals surface area contributed by atoms with E-state index in [1.54, 1.807) is 13.3 Å². The van der Waals surface area contributed by atoms with Gasteiger partial charge < -0.3 is 10.1 Å². The Morgan fingerprint density at radius 1 is 1.33 bits per heavy atom. The van der Waals surface area contributed by atoms with Gasteiger partial charge in [0, 0.05) is 27.6 Å². The molecular weight excluding hydrogens is 339 g/mol. The Labute approximate surface area is 121 Å². The highest BCUT2D eigenvalue weighted by Gasteiger charge is 2.03. The Morgan fingerprint density at radius 3 is 2.89 bits per heavy atom. The molecule has 0 aliphatic heterocycles. The van der Waals surface area contributed by atoms with Crippen molar-refractivity contribution in [2.24, 2.45) is 0 Å². The van der Waals surface area contributed by atoms with Crippen LogP contribution in [0.3, 0.4) is 0 Å². The number of benzene rings is 1. The zero-order valence-electron chi connectivity index (χ0n) is 10.4. The van der Waals surface area contributed by atoms with Crippen LogP contribution in [0.2, 0.25) is 0 Å². The molecule has 0 unspecified atom stereocenters. The predicted octanol–water partition coefficient (Wildman–Crippen LogP) is 3.62. The van der Waals surface area contributed by atoms with Gasteiger partial charge in [-0.2, -0.15) is 0 Å².